The van der Waals surface area contributed by atoms with Crippen LogP contribution in [0.25, 0.3) is 0 Å². The van der Waals surface area contributed by atoms with Crippen LogP contribution in [0.15, 0.2) is 47.6 Å². The van der Waals surface area contributed by atoms with Crippen molar-refractivity contribution in [3.8, 4) is 5.75 Å². The van der Waals surface area contributed by atoms with Crippen LogP contribution in [0.3, 0.4) is 0 Å². The Kier molecular flexibility index (Phi) is 7.17. The topological polar surface area (TPSA) is 53.9 Å². The molecule has 1 amide bonds. The first-order valence-electron chi connectivity index (χ1n) is 10.0. The maximum atomic E-state index is 14.3. The van der Waals surface area contributed by atoms with E-state index in [9.17, 15) is 9.18 Å². The quantitative estimate of drug-likeness (QED) is 0.505. The highest BCUT2D eigenvalue weighted by Gasteiger charge is 2.18. The summed E-state index contributed by atoms with van der Waals surface area (Å²) in [5.74, 6) is 2.37. The van der Waals surface area contributed by atoms with Crippen LogP contribution in [-0.2, 0) is 4.79 Å². The van der Waals surface area contributed by atoms with Crippen LogP contribution in [-0.4, -0.2) is 43.3 Å². The van der Waals surface area contributed by atoms with Gasteiger partial charge in [-0.15, -0.1) is 23.5 Å². The molecule has 1 N–H and O–H groups in total. The SMILES string of the molecule is O=C(COc1ccc(C2SCCS2)cc1)N/N=C\c1ccc(N2CCCC2)c(F)c1. The second-order valence-corrected chi connectivity index (χ2v) is 9.85. The Bertz CT molecular complexity index is 896. The van der Waals surface area contributed by atoms with E-state index in [0.717, 1.165) is 25.9 Å². The van der Waals surface area contributed by atoms with E-state index in [4.69, 9.17) is 4.74 Å². The highest BCUT2D eigenvalue weighted by atomic mass is 32.2. The Balaban J connectivity index is 1.23. The summed E-state index contributed by atoms with van der Waals surface area (Å²) in [6, 6.07) is 12.8. The molecule has 0 aliphatic carbocycles. The van der Waals surface area contributed by atoms with Gasteiger partial charge >= 0.3 is 0 Å². The summed E-state index contributed by atoms with van der Waals surface area (Å²) in [5.41, 5.74) is 4.90. The number of anilines is 1. The standard InChI is InChI=1S/C22H24FN3O2S2/c23-19-13-16(3-8-20(19)26-9-1-2-10-26)14-24-25-21(27)15-28-18-6-4-17(5-7-18)22-29-11-12-30-22/h3-8,13-14,22H,1-2,9-12,15H2,(H,25,27)/b24-14-. The lowest BCUT2D eigenvalue weighted by Gasteiger charge is -2.18. The van der Waals surface area contributed by atoms with E-state index in [1.807, 2.05) is 52.7 Å². The average Bonchev–Trinajstić information content (AvgIpc) is 3.47. The molecule has 2 aromatic rings. The van der Waals surface area contributed by atoms with Gasteiger partial charge in [-0.3, -0.25) is 4.79 Å². The van der Waals surface area contributed by atoms with E-state index in [2.05, 4.69) is 10.5 Å². The minimum Gasteiger partial charge on any atom is -0.484 e. The summed E-state index contributed by atoms with van der Waals surface area (Å²) in [6.07, 6.45) is 3.62. The Hall–Kier alpha value is -2.19. The fourth-order valence-corrected chi connectivity index (χ4v) is 6.31. The van der Waals surface area contributed by atoms with Crippen molar-refractivity contribution in [3.63, 3.8) is 0 Å². The van der Waals surface area contributed by atoms with E-state index >= 15 is 0 Å². The molecular weight excluding hydrogens is 421 g/mol. The van der Waals surface area contributed by atoms with Crippen molar-refractivity contribution in [2.45, 2.75) is 17.4 Å². The van der Waals surface area contributed by atoms with Crippen LogP contribution >= 0.6 is 23.5 Å². The molecule has 2 aliphatic rings. The van der Waals surface area contributed by atoms with Crippen LogP contribution in [0.4, 0.5) is 10.1 Å². The molecule has 0 bridgehead atoms. The third-order valence-electron chi connectivity index (χ3n) is 4.97. The second-order valence-electron chi connectivity index (χ2n) is 7.13. The Morgan fingerprint density at radius 3 is 2.60 bits per heavy atom. The van der Waals surface area contributed by atoms with Crippen LogP contribution in [0.5, 0.6) is 5.75 Å². The van der Waals surface area contributed by atoms with Gasteiger partial charge < -0.3 is 9.64 Å². The molecule has 2 fully saturated rings. The van der Waals surface area contributed by atoms with Gasteiger partial charge in [0.25, 0.3) is 5.91 Å². The molecule has 4 rings (SSSR count). The first-order chi connectivity index (χ1) is 14.7. The van der Waals surface area contributed by atoms with E-state index in [1.54, 1.807) is 12.1 Å². The zero-order chi connectivity index (χ0) is 20.8. The van der Waals surface area contributed by atoms with Gasteiger partial charge in [-0.1, -0.05) is 18.2 Å². The molecule has 5 nitrogen and oxygen atoms in total. The van der Waals surface area contributed by atoms with Crippen molar-refractivity contribution in [1.82, 2.24) is 5.43 Å². The zero-order valence-corrected chi connectivity index (χ0v) is 18.2. The molecule has 0 spiro atoms. The van der Waals surface area contributed by atoms with E-state index in [-0.39, 0.29) is 18.3 Å². The summed E-state index contributed by atoms with van der Waals surface area (Å²) < 4.78 is 20.3. The van der Waals surface area contributed by atoms with Crippen molar-refractivity contribution >= 4 is 41.3 Å². The van der Waals surface area contributed by atoms with Crippen molar-refractivity contribution in [2.24, 2.45) is 5.10 Å². The van der Waals surface area contributed by atoms with E-state index in [1.165, 1.54) is 29.4 Å². The smallest absolute Gasteiger partial charge is 0.277 e. The number of ether oxygens (including phenoxy) is 1. The molecule has 0 radical (unpaired) electrons. The molecule has 2 heterocycles. The van der Waals surface area contributed by atoms with Crippen LogP contribution in [0.2, 0.25) is 0 Å². The van der Waals surface area contributed by atoms with Crippen LogP contribution in [0, 0.1) is 5.82 Å². The normalized spacial score (nSPS) is 17.0. The summed E-state index contributed by atoms with van der Waals surface area (Å²) in [5, 5.41) is 3.90. The molecule has 0 aromatic heterocycles. The number of nitrogens with zero attached hydrogens (tertiary/aromatic N) is 2. The summed E-state index contributed by atoms with van der Waals surface area (Å²) in [6.45, 7) is 1.65. The minimum absolute atomic E-state index is 0.133. The number of carbonyl (C=O) groups excluding carboxylic acids is 1. The summed E-state index contributed by atoms with van der Waals surface area (Å²) in [4.78, 5) is 14.0. The van der Waals surface area contributed by atoms with E-state index in [0.29, 0.717) is 21.6 Å². The largest absolute Gasteiger partial charge is 0.484 e. The highest BCUT2D eigenvalue weighted by molar-refractivity contribution is 8.19. The Labute approximate surface area is 184 Å². The van der Waals surface area contributed by atoms with Crippen molar-refractivity contribution in [2.75, 3.05) is 36.1 Å². The molecule has 2 saturated heterocycles. The average molecular weight is 446 g/mol. The summed E-state index contributed by atoms with van der Waals surface area (Å²) in [7, 11) is 0. The van der Waals surface area contributed by atoms with Crippen molar-refractivity contribution < 1.29 is 13.9 Å². The monoisotopic (exact) mass is 445 g/mol. The molecule has 8 heteroatoms. The lowest BCUT2D eigenvalue weighted by molar-refractivity contribution is -0.123. The number of nitrogens with one attached hydrogen (secondary N) is 1. The molecule has 30 heavy (non-hydrogen) atoms. The molecule has 2 aromatic carbocycles. The molecule has 0 atom stereocenters. The first-order valence-corrected chi connectivity index (χ1v) is 12.1. The van der Waals surface area contributed by atoms with Gasteiger partial charge in [0.2, 0.25) is 0 Å². The van der Waals surface area contributed by atoms with E-state index < -0.39 is 0 Å². The number of thioether (sulfide) groups is 2. The number of hydrogen-bond acceptors (Lipinski definition) is 6. The number of hydrogen-bond donors (Lipinski definition) is 1. The summed E-state index contributed by atoms with van der Waals surface area (Å²) >= 11 is 3.90. The molecule has 158 valence electrons. The van der Waals surface area contributed by atoms with Crippen LogP contribution < -0.4 is 15.1 Å². The third-order valence-corrected chi connectivity index (χ3v) is 8.07. The van der Waals surface area contributed by atoms with Gasteiger partial charge in [-0.25, -0.2) is 9.82 Å². The predicted octanol–water partition coefficient (Wildman–Crippen LogP) is 4.43. The van der Waals surface area contributed by atoms with Crippen molar-refractivity contribution in [3.05, 3.63) is 59.4 Å². The first kappa shape index (κ1) is 21.1. The molecule has 0 unspecified atom stereocenters. The lowest BCUT2D eigenvalue weighted by atomic mass is 10.2. The molecule has 2 aliphatic heterocycles. The third kappa shape index (κ3) is 5.49. The minimum atomic E-state index is -0.369. The van der Waals surface area contributed by atoms with Crippen LogP contribution in [0.1, 0.15) is 28.6 Å². The Morgan fingerprint density at radius 2 is 1.90 bits per heavy atom. The maximum absolute atomic E-state index is 14.3. The van der Waals surface area contributed by atoms with Gasteiger partial charge in [-0.05, 0) is 48.2 Å². The number of carbonyl (C=O) groups is 1. The van der Waals surface area contributed by atoms with Gasteiger partial charge in [0.05, 0.1) is 16.5 Å². The zero-order valence-electron chi connectivity index (χ0n) is 16.6. The number of benzene rings is 2. The van der Waals surface area contributed by atoms with Gasteiger partial charge in [0.15, 0.2) is 6.61 Å². The lowest BCUT2D eigenvalue weighted by Crippen LogP contribution is -2.24. The maximum Gasteiger partial charge on any atom is 0.277 e. The van der Waals surface area contributed by atoms with Gasteiger partial charge in [0.1, 0.15) is 11.6 Å². The second kappa shape index (κ2) is 10.2. The fraction of sp³-hybridized carbons (Fsp3) is 0.364. The number of amides is 1. The van der Waals surface area contributed by atoms with Gasteiger partial charge in [-0.2, -0.15) is 5.10 Å². The molecule has 0 saturated carbocycles. The highest BCUT2D eigenvalue weighted by Crippen LogP contribution is 2.45. The van der Waals surface area contributed by atoms with Gasteiger partial charge in [0, 0.05) is 24.6 Å². The number of rotatable bonds is 7. The fourth-order valence-electron chi connectivity index (χ4n) is 3.45. The number of halogens is 1. The number of hydrazone groups is 1. The van der Waals surface area contributed by atoms with Crippen molar-refractivity contribution in [1.29, 1.82) is 0 Å². The predicted molar refractivity (Wildman–Crippen MR) is 123 cm³/mol. The Morgan fingerprint density at radius 1 is 1.17 bits per heavy atom. The molecular formula is C22H24FN3O2S2.